The van der Waals surface area contributed by atoms with Crippen LogP contribution in [0.5, 0.6) is 11.5 Å². The Labute approximate surface area is 136 Å². The van der Waals surface area contributed by atoms with Crippen molar-refractivity contribution in [2.75, 3.05) is 32.8 Å². The van der Waals surface area contributed by atoms with E-state index in [0.717, 1.165) is 5.56 Å². The highest BCUT2D eigenvalue weighted by Crippen LogP contribution is 2.27. The van der Waals surface area contributed by atoms with Crippen LogP contribution < -0.4 is 14.8 Å². The number of urea groups is 1. The molecule has 0 saturated carbocycles. The topological polar surface area (TPSA) is 84.9 Å². The average Bonchev–Trinajstić information content (AvgIpc) is 2.91. The molecule has 1 saturated heterocycles. The fourth-order valence-electron chi connectivity index (χ4n) is 2.54. The van der Waals surface area contributed by atoms with Gasteiger partial charge in [-0.05, 0) is 24.1 Å². The van der Waals surface area contributed by atoms with Crippen molar-refractivity contribution in [3.63, 3.8) is 0 Å². The summed E-state index contributed by atoms with van der Waals surface area (Å²) in [7, 11) is 1.72. The van der Waals surface area contributed by atoms with E-state index in [9.17, 15) is 13.2 Å². The zero-order valence-corrected chi connectivity index (χ0v) is 14.4. The minimum absolute atomic E-state index is 0.0350. The van der Waals surface area contributed by atoms with Gasteiger partial charge >= 0.3 is 6.03 Å². The second-order valence-corrected chi connectivity index (χ2v) is 7.74. The van der Waals surface area contributed by atoms with Gasteiger partial charge in [-0.1, -0.05) is 6.07 Å². The predicted octanol–water partition coefficient (Wildman–Crippen LogP) is 1.03. The van der Waals surface area contributed by atoms with Crippen LogP contribution in [0.2, 0.25) is 0 Å². The molecule has 1 unspecified atom stereocenters. The Morgan fingerprint density at radius 2 is 2.00 bits per heavy atom. The van der Waals surface area contributed by atoms with Crippen molar-refractivity contribution in [3.8, 4) is 11.5 Å². The Balaban J connectivity index is 1.94. The van der Waals surface area contributed by atoms with E-state index in [0.29, 0.717) is 24.5 Å². The molecule has 128 valence electrons. The van der Waals surface area contributed by atoms with E-state index in [-0.39, 0.29) is 23.6 Å². The Morgan fingerprint density at radius 3 is 2.57 bits per heavy atom. The fourth-order valence-corrected chi connectivity index (χ4v) is 4.31. The van der Waals surface area contributed by atoms with Crippen LogP contribution in [0, 0.1) is 0 Å². The standard InChI is InChI=1S/C15H22N2O5S/c1-17(12-6-7-23(19,20)10-12)15(18)16-9-11-4-5-13(21-2)14(8-11)22-3/h4-5,8,12H,6-7,9-10H2,1-3H3,(H,16,18). The molecule has 1 heterocycles. The van der Waals surface area contributed by atoms with Crippen molar-refractivity contribution >= 4 is 15.9 Å². The van der Waals surface area contributed by atoms with Crippen LogP contribution in [0.4, 0.5) is 4.79 Å². The molecule has 0 radical (unpaired) electrons. The van der Waals surface area contributed by atoms with Gasteiger partial charge in [-0.3, -0.25) is 0 Å². The molecule has 2 amide bonds. The van der Waals surface area contributed by atoms with Crippen molar-refractivity contribution < 1.29 is 22.7 Å². The van der Waals surface area contributed by atoms with E-state index in [2.05, 4.69) is 5.32 Å². The average molecular weight is 342 g/mol. The highest BCUT2D eigenvalue weighted by molar-refractivity contribution is 7.91. The van der Waals surface area contributed by atoms with E-state index < -0.39 is 9.84 Å². The third-order valence-corrected chi connectivity index (χ3v) is 5.72. The van der Waals surface area contributed by atoms with Crippen molar-refractivity contribution in [1.82, 2.24) is 10.2 Å². The molecule has 1 atom stereocenters. The molecule has 0 bridgehead atoms. The molecular formula is C15H22N2O5S. The number of hydrogen-bond donors (Lipinski definition) is 1. The van der Waals surface area contributed by atoms with Crippen LogP contribution in [-0.4, -0.2) is 58.2 Å². The molecule has 1 aromatic rings. The Hall–Kier alpha value is -1.96. The largest absolute Gasteiger partial charge is 0.493 e. The first-order valence-electron chi connectivity index (χ1n) is 7.28. The first-order chi connectivity index (χ1) is 10.9. The van der Waals surface area contributed by atoms with E-state index >= 15 is 0 Å². The molecule has 1 aliphatic rings. The van der Waals surface area contributed by atoms with Gasteiger partial charge in [0.15, 0.2) is 21.3 Å². The Kier molecular flexibility index (Phi) is 5.35. The summed E-state index contributed by atoms with van der Waals surface area (Å²) in [5.41, 5.74) is 0.864. The summed E-state index contributed by atoms with van der Waals surface area (Å²) >= 11 is 0. The minimum Gasteiger partial charge on any atom is -0.493 e. The van der Waals surface area contributed by atoms with Gasteiger partial charge in [0.2, 0.25) is 0 Å². The van der Waals surface area contributed by atoms with Gasteiger partial charge in [-0.15, -0.1) is 0 Å². The lowest BCUT2D eigenvalue weighted by Gasteiger charge is -2.23. The van der Waals surface area contributed by atoms with Crippen molar-refractivity contribution in [2.45, 2.75) is 19.0 Å². The van der Waals surface area contributed by atoms with Crippen LogP contribution in [-0.2, 0) is 16.4 Å². The molecule has 1 fully saturated rings. The Morgan fingerprint density at radius 1 is 1.30 bits per heavy atom. The number of ether oxygens (including phenoxy) is 2. The summed E-state index contributed by atoms with van der Waals surface area (Å²) in [5.74, 6) is 1.39. The van der Waals surface area contributed by atoms with E-state index in [4.69, 9.17) is 9.47 Å². The maximum absolute atomic E-state index is 12.2. The number of hydrogen-bond acceptors (Lipinski definition) is 5. The third-order valence-electron chi connectivity index (χ3n) is 3.97. The van der Waals surface area contributed by atoms with Gasteiger partial charge in [0, 0.05) is 19.6 Å². The van der Waals surface area contributed by atoms with Crippen LogP contribution in [0.1, 0.15) is 12.0 Å². The molecule has 1 aromatic carbocycles. The SMILES string of the molecule is COc1ccc(CNC(=O)N(C)C2CCS(=O)(=O)C2)cc1OC. The van der Waals surface area contributed by atoms with Crippen LogP contribution in [0.3, 0.4) is 0 Å². The zero-order chi connectivity index (χ0) is 17.0. The summed E-state index contributed by atoms with van der Waals surface area (Å²) in [4.78, 5) is 13.6. The smallest absolute Gasteiger partial charge is 0.317 e. The summed E-state index contributed by atoms with van der Waals surface area (Å²) in [5, 5.41) is 2.79. The molecule has 0 spiro atoms. The second-order valence-electron chi connectivity index (χ2n) is 5.52. The van der Waals surface area contributed by atoms with Gasteiger partial charge in [0.1, 0.15) is 0 Å². The summed E-state index contributed by atoms with van der Waals surface area (Å²) in [6.45, 7) is 0.322. The molecule has 7 nitrogen and oxygen atoms in total. The number of methoxy groups -OCH3 is 2. The minimum atomic E-state index is -3.01. The second kappa shape index (κ2) is 7.08. The molecule has 1 N–H and O–H groups in total. The van der Waals surface area contributed by atoms with Gasteiger partial charge in [-0.25, -0.2) is 13.2 Å². The number of nitrogens with zero attached hydrogens (tertiary/aromatic N) is 1. The molecule has 8 heteroatoms. The van der Waals surface area contributed by atoms with Crippen LogP contribution in [0.15, 0.2) is 18.2 Å². The molecule has 0 aliphatic carbocycles. The van der Waals surface area contributed by atoms with Crippen molar-refractivity contribution in [2.24, 2.45) is 0 Å². The first-order valence-corrected chi connectivity index (χ1v) is 9.10. The number of sulfone groups is 1. The summed E-state index contributed by atoms with van der Waals surface area (Å²) in [6.07, 6.45) is 0.489. The highest BCUT2D eigenvalue weighted by atomic mass is 32.2. The van der Waals surface area contributed by atoms with Gasteiger partial charge in [-0.2, -0.15) is 0 Å². The lowest BCUT2D eigenvalue weighted by molar-refractivity contribution is 0.194. The lowest BCUT2D eigenvalue weighted by atomic mass is 10.2. The maximum atomic E-state index is 12.2. The summed E-state index contributed by atoms with van der Waals surface area (Å²) in [6, 6.07) is 4.85. The Bertz CT molecular complexity index is 674. The lowest BCUT2D eigenvalue weighted by Crippen LogP contribution is -2.43. The zero-order valence-electron chi connectivity index (χ0n) is 13.5. The first kappa shape index (κ1) is 17.4. The third kappa shape index (κ3) is 4.28. The van der Waals surface area contributed by atoms with Gasteiger partial charge in [0.25, 0.3) is 0 Å². The predicted molar refractivity (Wildman–Crippen MR) is 86.6 cm³/mol. The van der Waals surface area contributed by atoms with E-state index in [1.165, 1.54) is 4.90 Å². The number of benzene rings is 1. The van der Waals surface area contributed by atoms with Crippen molar-refractivity contribution in [1.29, 1.82) is 0 Å². The molecule has 1 aliphatic heterocycles. The fraction of sp³-hybridized carbons (Fsp3) is 0.533. The molecule has 2 rings (SSSR count). The number of carbonyl (C=O) groups is 1. The quantitative estimate of drug-likeness (QED) is 0.864. The van der Waals surface area contributed by atoms with E-state index in [1.807, 2.05) is 6.07 Å². The molecule has 23 heavy (non-hydrogen) atoms. The number of rotatable bonds is 5. The van der Waals surface area contributed by atoms with Crippen LogP contribution in [0.25, 0.3) is 0 Å². The highest BCUT2D eigenvalue weighted by Gasteiger charge is 2.32. The molecule has 0 aromatic heterocycles. The summed E-state index contributed by atoms with van der Waals surface area (Å²) < 4.78 is 33.4. The van der Waals surface area contributed by atoms with Crippen molar-refractivity contribution in [3.05, 3.63) is 23.8 Å². The number of carbonyl (C=O) groups excluding carboxylic acids is 1. The molecular weight excluding hydrogens is 320 g/mol. The monoisotopic (exact) mass is 342 g/mol. The van der Waals surface area contributed by atoms with Gasteiger partial charge < -0.3 is 19.7 Å². The normalized spacial score (nSPS) is 19.2. The van der Waals surface area contributed by atoms with E-state index in [1.54, 1.807) is 33.4 Å². The number of amides is 2. The van der Waals surface area contributed by atoms with Crippen LogP contribution >= 0.6 is 0 Å². The van der Waals surface area contributed by atoms with Gasteiger partial charge in [0.05, 0.1) is 25.7 Å². The number of nitrogens with one attached hydrogen (secondary N) is 1. The maximum Gasteiger partial charge on any atom is 0.317 e.